The van der Waals surface area contributed by atoms with E-state index in [0.29, 0.717) is 36.5 Å². The van der Waals surface area contributed by atoms with Crippen LogP contribution >= 0.6 is 11.6 Å². The fourth-order valence-corrected chi connectivity index (χ4v) is 3.96. The van der Waals surface area contributed by atoms with Crippen LogP contribution < -0.4 is 5.32 Å². The molecule has 1 aromatic rings. The third kappa shape index (κ3) is 7.02. The van der Waals surface area contributed by atoms with E-state index in [-0.39, 0.29) is 43.2 Å². The van der Waals surface area contributed by atoms with Crippen LogP contribution in [0.1, 0.15) is 64.6 Å². The van der Waals surface area contributed by atoms with Crippen molar-refractivity contribution in [1.82, 2.24) is 20.0 Å². The maximum atomic E-state index is 13.6. The van der Waals surface area contributed by atoms with Gasteiger partial charge in [-0.3, -0.25) is 14.3 Å². The molecule has 2 N–H and O–H groups in total. The zero-order valence-corrected chi connectivity index (χ0v) is 20.7. The molecular weight excluding hydrogens is 444 g/mol. The summed E-state index contributed by atoms with van der Waals surface area (Å²) in [5.41, 5.74) is -0.173. The number of aliphatic hydroxyl groups is 1. The fraction of sp³-hybridized carbons (Fsp3) is 0.696. The lowest BCUT2D eigenvalue weighted by molar-refractivity contribution is -0.142. The lowest BCUT2D eigenvalue weighted by Crippen LogP contribution is -2.47. The molecule has 2 unspecified atom stereocenters. The van der Waals surface area contributed by atoms with Crippen molar-refractivity contribution in [2.45, 2.75) is 64.6 Å². The average molecular weight is 479 g/mol. The van der Waals surface area contributed by atoms with Crippen LogP contribution in [-0.4, -0.2) is 57.0 Å². The number of nitrogens with zero attached hydrogens (tertiary/aromatic N) is 5. The van der Waals surface area contributed by atoms with Gasteiger partial charge >= 0.3 is 0 Å². The van der Waals surface area contributed by atoms with E-state index in [0.717, 1.165) is 6.42 Å². The molecule has 33 heavy (non-hydrogen) atoms. The van der Waals surface area contributed by atoms with Crippen molar-refractivity contribution in [2.24, 2.45) is 29.1 Å². The summed E-state index contributed by atoms with van der Waals surface area (Å²) in [5.74, 6) is 1.90. The van der Waals surface area contributed by atoms with Gasteiger partial charge in [-0.05, 0) is 12.3 Å². The number of amides is 2. The first-order chi connectivity index (χ1) is 15.7. The number of nitrogens with one attached hydrogen (secondary N) is 1. The molecule has 2 rings (SSSR count). The van der Waals surface area contributed by atoms with E-state index in [1.54, 1.807) is 7.05 Å². The van der Waals surface area contributed by atoms with E-state index in [4.69, 9.17) is 18.0 Å². The molecule has 182 valence electrons. The van der Waals surface area contributed by atoms with Crippen molar-refractivity contribution in [3.8, 4) is 12.3 Å². The summed E-state index contributed by atoms with van der Waals surface area (Å²) in [7, 11) is 1.69. The lowest BCUT2D eigenvalue weighted by atomic mass is 9.94. The first kappa shape index (κ1) is 26.8. The number of terminal acetylenes is 1. The molecule has 1 aliphatic rings. The maximum Gasteiger partial charge on any atom is 0.249 e. The predicted molar refractivity (Wildman–Crippen MR) is 126 cm³/mol. The van der Waals surface area contributed by atoms with Gasteiger partial charge in [0.1, 0.15) is 0 Å². The summed E-state index contributed by atoms with van der Waals surface area (Å²) in [6.45, 7) is 6.46. The molecule has 2 heterocycles. The minimum absolute atomic E-state index is 0.0991. The van der Waals surface area contributed by atoms with Crippen LogP contribution in [0, 0.1) is 24.2 Å². The van der Waals surface area contributed by atoms with E-state index >= 15 is 0 Å². The van der Waals surface area contributed by atoms with Crippen LogP contribution in [0.3, 0.4) is 0 Å². The van der Waals surface area contributed by atoms with Gasteiger partial charge in [0.25, 0.3) is 0 Å². The Labute approximate surface area is 201 Å². The molecule has 2 amide bonds. The van der Waals surface area contributed by atoms with Gasteiger partial charge in [0.05, 0.1) is 16.9 Å². The summed E-state index contributed by atoms with van der Waals surface area (Å²) < 4.78 is 1.52. The van der Waals surface area contributed by atoms with Crippen LogP contribution in [0.2, 0.25) is 5.02 Å². The van der Waals surface area contributed by atoms with Crippen LogP contribution in [0.15, 0.2) is 16.4 Å². The second-order valence-corrected chi connectivity index (χ2v) is 9.22. The number of rotatable bonds is 14. The third-order valence-corrected chi connectivity index (χ3v) is 6.32. The Hall–Kier alpha value is -2.44. The lowest BCUT2D eigenvalue weighted by Gasteiger charge is -2.35. The molecule has 10 heteroatoms. The molecule has 0 radical (unpaired) electrons. The van der Waals surface area contributed by atoms with Gasteiger partial charge in [-0.15, -0.1) is 12.3 Å². The highest BCUT2D eigenvalue weighted by Gasteiger charge is 2.42. The third-order valence-electron chi connectivity index (χ3n) is 6.03. The van der Waals surface area contributed by atoms with Crippen LogP contribution in [0.25, 0.3) is 0 Å². The molecule has 0 fully saturated rings. The Morgan fingerprint density at radius 3 is 2.55 bits per heavy atom. The molecule has 9 nitrogen and oxygen atoms in total. The molecule has 0 bridgehead atoms. The highest BCUT2D eigenvalue weighted by atomic mass is 35.5. The topological polar surface area (TPSA) is 112 Å². The quantitative estimate of drug-likeness (QED) is 0.400. The Morgan fingerprint density at radius 2 is 2.06 bits per heavy atom. The number of halogens is 1. The Morgan fingerprint density at radius 1 is 1.36 bits per heavy atom. The van der Waals surface area contributed by atoms with E-state index in [2.05, 4.69) is 26.6 Å². The molecule has 0 saturated carbocycles. The van der Waals surface area contributed by atoms with E-state index in [1.165, 1.54) is 15.8 Å². The van der Waals surface area contributed by atoms with Crippen molar-refractivity contribution in [2.75, 3.05) is 19.7 Å². The number of aromatic nitrogens is 2. The first-order valence-corrected chi connectivity index (χ1v) is 11.8. The maximum absolute atomic E-state index is 13.6. The van der Waals surface area contributed by atoms with Gasteiger partial charge in [0.15, 0.2) is 11.7 Å². The van der Waals surface area contributed by atoms with Crippen molar-refractivity contribution in [3.63, 3.8) is 0 Å². The van der Waals surface area contributed by atoms with Crippen molar-refractivity contribution < 1.29 is 14.7 Å². The largest absolute Gasteiger partial charge is 0.396 e. The van der Waals surface area contributed by atoms with Gasteiger partial charge in [0.2, 0.25) is 11.8 Å². The molecule has 0 saturated heterocycles. The number of aryl methyl sites for hydroxylation is 1. The summed E-state index contributed by atoms with van der Waals surface area (Å²) in [6.07, 6.45) is 9.25. The number of carbonyl (C=O) groups excluding carboxylic acids is 2. The molecule has 0 spiro atoms. The number of hydrogen-bond acceptors (Lipinski definition) is 6. The first-order valence-electron chi connectivity index (χ1n) is 11.4. The molecule has 0 aromatic carbocycles. The van der Waals surface area contributed by atoms with Crippen LogP contribution in [-0.2, 0) is 16.6 Å². The predicted octanol–water partition coefficient (Wildman–Crippen LogP) is 3.09. The zero-order chi connectivity index (χ0) is 24.6. The van der Waals surface area contributed by atoms with Gasteiger partial charge < -0.3 is 15.3 Å². The number of carbonyl (C=O) groups is 2. The van der Waals surface area contributed by atoms with Crippen molar-refractivity contribution in [1.29, 1.82) is 0 Å². The zero-order valence-electron chi connectivity index (χ0n) is 19.9. The minimum Gasteiger partial charge on any atom is -0.396 e. The van der Waals surface area contributed by atoms with Gasteiger partial charge in [0, 0.05) is 58.3 Å². The molecule has 1 aliphatic heterocycles. The van der Waals surface area contributed by atoms with E-state index < -0.39 is 11.7 Å². The summed E-state index contributed by atoms with van der Waals surface area (Å²) in [4.78, 5) is 28.4. The Balaban J connectivity index is 2.37. The monoisotopic (exact) mass is 478 g/mol. The fourth-order valence-electron chi connectivity index (χ4n) is 3.69. The second kappa shape index (κ2) is 12.1. The highest BCUT2D eigenvalue weighted by Crippen LogP contribution is 2.38. The Kier molecular flexibility index (Phi) is 9.87. The smallest absolute Gasteiger partial charge is 0.249 e. The SMILES string of the molecule is C#CCCC1(CCC(=O)N(CC(CO)C(C)C)C(C(=O)NCCC)c2c(Cl)cnn2C)N=N1. The minimum atomic E-state index is -0.980. The van der Waals surface area contributed by atoms with Crippen LogP contribution in [0.4, 0.5) is 0 Å². The van der Waals surface area contributed by atoms with Crippen LogP contribution in [0.5, 0.6) is 0 Å². The van der Waals surface area contributed by atoms with Gasteiger partial charge in [-0.25, -0.2) is 0 Å². The second-order valence-electron chi connectivity index (χ2n) is 8.81. The van der Waals surface area contributed by atoms with E-state index in [9.17, 15) is 14.7 Å². The standard InChI is InChI=1S/C23H35ClN6O3/c1-6-8-10-23(27-28-23)11-9-19(32)30(14-17(15-31)16(3)4)21(22(33)25-12-7-2)20-18(24)13-26-29(20)5/h1,13,16-17,21,31H,7-12,14-15H2,2-5H3,(H,25,33). The van der Waals surface area contributed by atoms with Crippen molar-refractivity contribution >= 4 is 23.4 Å². The highest BCUT2D eigenvalue weighted by molar-refractivity contribution is 6.31. The molecular formula is C23H35ClN6O3. The van der Waals surface area contributed by atoms with Crippen molar-refractivity contribution in [3.05, 3.63) is 16.9 Å². The number of hydrogen-bond donors (Lipinski definition) is 2. The Bertz CT molecular complexity index is 866. The molecule has 0 aliphatic carbocycles. The normalized spacial score (nSPS) is 15.7. The summed E-state index contributed by atoms with van der Waals surface area (Å²) in [5, 5.41) is 25.5. The average Bonchev–Trinajstić information content (AvgIpc) is 3.49. The van der Waals surface area contributed by atoms with E-state index in [1.807, 2.05) is 20.8 Å². The molecule has 2 atom stereocenters. The van der Waals surface area contributed by atoms with Gasteiger partial charge in [-0.2, -0.15) is 15.3 Å². The summed E-state index contributed by atoms with van der Waals surface area (Å²) >= 11 is 6.42. The molecule has 1 aromatic heterocycles. The number of aliphatic hydroxyl groups excluding tert-OH is 1. The van der Waals surface area contributed by atoms with Gasteiger partial charge in [-0.1, -0.05) is 32.4 Å². The summed E-state index contributed by atoms with van der Waals surface area (Å²) in [6, 6.07) is -0.980.